The molecule has 3 atom stereocenters. The number of ether oxygens (including phenoxy) is 1. The number of methoxy groups -OCH3 is 1. The fourth-order valence-electron chi connectivity index (χ4n) is 3.35. The lowest BCUT2D eigenvalue weighted by Gasteiger charge is -2.18. The summed E-state index contributed by atoms with van der Waals surface area (Å²) in [6, 6.07) is 4.48. The number of rotatable bonds is 3. The Labute approximate surface area is 129 Å². The minimum Gasteiger partial charge on any atom is -0.495 e. The van der Waals surface area contributed by atoms with E-state index in [0.29, 0.717) is 18.8 Å². The van der Waals surface area contributed by atoms with Crippen LogP contribution in [0.5, 0.6) is 5.75 Å². The van der Waals surface area contributed by atoms with Crippen LogP contribution in [0.1, 0.15) is 12.8 Å². The number of nitrogens with zero attached hydrogens (tertiary/aromatic N) is 1. The molecule has 1 aliphatic carbocycles. The second kappa shape index (κ2) is 5.43. The first-order valence-electron chi connectivity index (χ1n) is 6.95. The number of aliphatic hydroxyl groups excluding tert-OH is 1. The maximum Gasteiger partial charge on any atom is 0.243 e. The third-order valence-electron chi connectivity index (χ3n) is 4.55. The summed E-state index contributed by atoms with van der Waals surface area (Å²) in [4.78, 5) is 0.169. The number of sulfonamides is 1. The van der Waals surface area contributed by atoms with Gasteiger partial charge in [-0.05, 0) is 37.0 Å². The maximum absolute atomic E-state index is 12.7. The minimum atomic E-state index is -3.57. The lowest BCUT2D eigenvalue weighted by atomic mass is 10.00. The van der Waals surface area contributed by atoms with Crippen molar-refractivity contribution in [3.63, 3.8) is 0 Å². The lowest BCUT2D eigenvalue weighted by Crippen LogP contribution is -2.31. The fourth-order valence-corrected chi connectivity index (χ4v) is 5.23. The number of fused-ring (bicyclic) bond motifs is 1. The topological polar surface area (TPSA) is 66.8 Å². The van der Waals surface area contributed by atoms with Gasteiger partial charge in [-0.3, -0.25) is 0 Å². The number of halogens is 1. The van der Waals surface area contributed by atoms with Crippen LogP contribution in [0.2, 0.25) is 5.02 Å². The number of aliphatic hydroxyl groups is 1. The van der Waals surface area contributed by atoms with Gasteiger partial charge < -0.3 is 9.84 Å². The third-order valence-corrected chi connectivity index (χ3v) is 6.67. The minimum absolute atomic E-state index is 0.0634. The van der Waals surface area contributed by atoms with Crippen molar-refractivity contribution in [1.82, 2.24) is 4.31 Å². The molecule has 1 aliphatic heterocycles. The zero-order valence-corrected chi connectivity index (χ0v) is 13.3. The Morgan fingerprint density at radius 1 is 1.33 bits per heavy atom. The van der Waals surface area contributed by atoms with Gasteiger partial charge >= 0.3 is 0 Å². The molecule has 1 saturated heterocycles. The third kappa shape index (κ3) is 2.54. The molecule has 1 N–H and O–H groups in total. The van der Waals surface area contributed by atoms with Crippen LogP contribution >= 0.6 is 11.6 Å². The molecule has 1 heterocycles. The summed E-state index contributed by atoms with van der Waals surface area (Å²) in [5.74, 6) is 0.779. The second-order valence-corrected chi connectivity index (χ2v) is 8.03. The molecule has 0 bridgehead atoms. The molecule has 2 fully saturated rings. The van der Waals surface area contributed by atoms with Gasteiger partial charge in [-0.15, -0.1) is 0 Å². The van der Waals surface area contributed by atoms with Crippen LogP contribution in [0.3, 0.4) is 0 Å². The molecule has 7 heteroatoms. The van der Waals surface area contributed by atoms with Gasteiger partial charge in [0.25, 0.3) is 0 Å². The number of benzene rings is 1. The van der Waals surface area contributed by atoms with Gasteiger partial charge in [-0.25, -0.2) is 8.42 Å². The average molecular weight is 332 g/mol. The molecule has 1 saturated carbocycles. The van der Waals surface area contributed by atoms with E-state index < -0.39 is 10.0 Å². The SMILES string of the molecule is COc1ccc(S(=O)(=O)N2CC3CCC(O)C3C2)cc1Cl. The predicted octanol–water partition coefficient (Wildman–Crippen LogP) is 1.74. The fraction of sp³-hybridized carbons (Fsp3) is 0.571. The van der Waals surface area contributed by atoms with E-state index in [1.807, 2.05) is 0 Å². The van der Waals surface area contributed by atoms with E-state index >= 15 is 0 Å². The van der Waals surface area contributed by atoms with Gasteiger partial charge in [0.2, 0.25) is 10.0 Å². The Bertz CT molecular complexity index is 648. The van der Waals surface area contributed by atoms with Gasteiger partial charge in [-0.2, -0.15) is 4.31 Å². The summed E-state index contributed by atoms with van der Waals surface area (Å²) in [6.07, 6.45) is 1.29. The molecule has 0 aromatic heterocycles. The van der Waals surface area contributed by atoms with Crippen molar-refractivity contribution in [1.29, 1.82) is 0 Å². The summed E-state index contributed by atoms with van der Waals surface area (Å²) < 4.78 is 31.8. The van der Waals surface area contributed by atoms with Crippen LogP contribution in [0, 0.1) is 11.8 Å². The van der Waals surface area contributed by atoms with Crippen LogP contribution in [0.4, 0.5) is 0 Å². The zero-order chi connectivity index (χ0) is 15.2. The summed E-state index contributed by atoms with van der Waals surface area (Å²) >= 11 is 6.01. The Balaban J connectivity index is 1.86. The predicted molar refractivity (Wildman–Crippen MR) is 79.0 cm³/mol. The summed E-state index contributed by atoms with van der Waals surface area (Å²) in [6.45, 7) is 0.867. The van der Waals surface area contributed by atoms with Crippen LogP contribution in [0.15, 0.2) is 23.1 Å². The van der Waals surface area contributed by atoms with E-state index in [1.165, 1.54) is 23.5 Å². The van der Waals surface area contributed by atoms with Crippen LogP contribution in [-0.2, 0) is 10.0 Å². The highest BCUT2D eigenvalue weighted by atomic mass is 35.5. The molecule has 0 radical (unpaired) electrons. The second-order valence-electron chi connectivity index (χ2n) is 5.69. The Morgan fingerprint density at radius 3 is 2.71 bits per heavy atom. The molecule has 21 heavy (non-hydrogen) atoms. The normalized spacial score (nSPS) is 29.6. The van der Waals surface area contributed by atoms with E-state index in [-0.39, 0.29) is 27.9 Å². The standard InChI is InChI=1S/C14H18ClNO4S/c1-20-14-5-3-10(6-12(14)15)21(18,19)16-7-9-2-4-13(17)11(9)8-16/h3,5-6,9,11,13,17H,2,4,7-8H2,1H3. The highest BCUT2D eigenvalue weighted by Crippen LogP contribution is 2.40. The van der Waals surface area contributed by atoms with Crippen molar-refractivity contribution in [3.8, 4) is 5.75 Å². The first-order valence-corrected chi connectivity index (χ1v) is 8.77. The molecule has 3 unspecified atom stereocenters. The average Bonchev–Trinajstić information content (AvgIpc) is 3.02. The van der Waals surface area contributed by atoms with Gasteiger partial charge in [0.05, 0.1) is 23.1 Å². The highest BCUT2D eigenvalue weighted by molar-refractivity contribution is 7.89. The van der Waals surface area contributed by atoms with Gasteiger partial charge in [0.1, 0.15) is 5.75 Å². The smallest absolute Gasteiger partial charge is 0.243 e. The summed E-state index contributed by atoms with van der Waals surface area (Å²) in [5.41, 5.74) is 0. The number of hydrogen-bond acceptors (Lipinski definition) is 4. The Kier molecular flexibility index (Phi) is 3.90. The Morgan fingerprint density at radius 2 is 2.10 bits per heavy atom. The van der Waals surface area contributed by atoms with Crippen molar-refractivity contribution < 1.29 is 18.3 Å². The number of hydrogen-bond donors (Lipinski definition) is 1. The molecule has 1 aromatic carbocycles. The molecule has 5 nitrogen and oxygen atoms in total. The molecule has 0 amide bonds. The van der Waals surface area contributed by atoms with E-state index in [4.69, 9.17) is 16.3 Å². The van der Waals surface area contributed by atoms with Crippen LogP contribution in [0.25, 0.3) is 0 Å². The van der Waals surface area contributed by atoms with Crippen LogP contribution in [-0.4, -0.2) is 44.1 Å². The van der Waals surface area contributed by atoms with E-state index in [9.17, 15) is 13.5 Å². The lowest BCUT2D eigenvalue weighted by molar-refractivity contribution is 0.129. The van der Waals surface area contributed by atoms with E-state index in [1.54, 1.807) is 6.07 Å². The van der Waals surface area contributed by atoms with Crippen molar-refractivity contribution in [2.24, 2.45) is 11.8 Å². The van der Waals surface area contributed by atoms with Gasteiger partial charge in [-0.1, -0.05) is 11.6 Å². The van der Waals surface area contributed by atoms with E-state index in [2.05, 4.69) is 0 Å². The molecule has 1 aromatic rings. The molecule has 2 aliphatic rings. The molecular formula is C14H18ClNO4S. The van der Waals surface area contributed by atoms with E-state index in [0.717, 1.165) is 12.8 Å². The monoisotopic (exact) mass is 331 g/mol. The molecule has 0 spiro atoms. The van der Waals surface area contributed by atoms with Crippen molar-refractivity contribution in [2.45, 2.75) is 23.8 Å². The molecule has 116 valence electrons. The zero-order valence-electron chi connectivity index (χ0n) is 11.7. The Hall–Kier alpha value is -0.820. The van der Waals surface area contributed by atoms with Crippen molar-refractivity contribution in [3.05, 3.63) is 23.2 Å². The van der Waals surface area contributed by atoms with Gasteiger partial charge in [0.15, 0.2) is 0 Å². The molecule has 3 rings (SSSR count). The van der Waals surface area contributed by atoms with Crippen LogP contribution < -0.4 is 4.74 Å². The first kappa shape index (κ1) is 15.1. The maximum atomic E-state index is 12.7. The quantitative estimate of drug-likeness (QED) is 0.916. The van der Waals surface area contributed by atoms with Crippen molar-refractivity contribution >= 4 is 21.6 Å². The largest absolute Gasteiger partial charge is 0.495 e. The molecular weight excluding hydrogens is 314 g/mol. The summed E-state index contributed by atoms with van der Waals surface area (Å²) in [5, 5.41) is 10.2. The highest BCUT2D eigenvalue weighted by Gasteiger charge is 2.45. The van der Waals surface area contributed by atoms with Gasteiger partial charge in [0, 0.05) is 19.0 Å². The summed E-state index contributed by atoms with van der Waals surface area (Å²) in [7, 11) is -2.08. The first-order chi connectivity index (χ1) is 9.93. The van der Waals surface area contributed by atoms with Crippen molar-refractivity contribution in [2.75, 3.05) is 20.2 Å².